The van der Waals surface area contributed by atoms with Crippen molar-refractivity contribution < 1.29 is 13.2 Å². The van der Waals surface area contributed by atoms with Gasteiger partial charge < -0.3 is 15.2 Å². The molecule has 2 aromatic carbocycles. The summed E-state index contributed by atoms with van der Waals surface area (Å²) in [7, 11) is -3.26. The lowest BCUT2D eigenvalue weighted by Crippen LogP contribution is -2.42. The standard InChI is InChI=1S/C25H31N3O3S/c1-25(2,3)23-16-18-15-20(7-10-22(18)27-23)26-19-11-13-28(14-12-19)24(29)17-5-8-21(9-6-17)32(4,30)31/h5-10,15-16,19,26-27H,11-14H2,1-4H3. The second kappa shape index (κ2) is 8.28. The van der Waals surface area contributed by atoms with Crippen LogP contribution in [0.4, 0.5) is 5.69 Å². The van der Waals surface area contributed by atoms with Gasteiger partial charge in [0.05, 0.1) is 4.90 Å². The van der Waals surface area contributed by atoms with E-state index in [1.807, 2.05) is 4.90 Å². The van der Waals surface area contributed by atoms with E-state index < -0.39 is 9.84 Å². The fourth-order valence-corrected chi connectivity index (χ4v) is 4.75. The number of fused-ring (bicyclic) bond motifs is 1. The number of carbonyl (C=O) groups excluding carboxylic acids is 1. The van der Waals surface area contributed by atoms with Crippen molar-refractivity contribution in [2.24, 2.45) is 0 Å². The molecule has 2 N–H and O–H groups in total. The van der Waals surface area contributed by atoms with Gasteiger partial charge in [0.25, 0.3) is 5.91 Å². The summed E-state index contributed by atoms with van der Waals surface area (Å²) in [5.74, 6) is -0.0491. The van der Waals surface area contributed by atoms with Gasteiger partial charge in [-0.2, -0.15) is 0 Å². The molecule has 2 heterocycles. The number of H-pyrrole nitrogens is 1. The van der Waals surface area contributed by atoms with E-state index in [2.05, 4.69) is 55.3 Å². The van der Waals surface area contributed by atoms with Crippen molar-refractivity contribution in [1.29, 1.82) is 0 Å². The monoisotopic (exact) mass is 453 g/mol. The average molecular weight is 454 g/mol. The molecule has 6 nitrogen and oxygen atoms in total. The number of carbonyl (C=O) groups is 1. The highest BCUT2D eigenvalue weighted by Gasteiger charge is 2.24. The molecule has 0 bridgehead atoms. The first-order valence-electron chi connectivity index (χ1n) is 11.0. The van der Waals surface area contributed by atoms with Crippen molar-refractivity contribution in [3.63, 3.8) is 0 Å². The number of sulfone groups is 1. The summed E-state index contributed by atoms with van der Waals surface area (Å²) >= 11 is 0. The van der Waals surface area contributed by atoms with E-state index >= 15 is 0 Å². The molecule has 1 saturated heterocycles. The van der Waals surface area contributed by atoms with E-state index in [1.165, 1.54) is 29.5 Å². The highest BCUT2D eigenvalue weighted by atomic mass is 32.2. The molecule has 4 rings (SSSR count). The van der Waals surface area contributed by atoms with Crippen molar-refractivity contribution in [3.8, 4) is 0 Å². The minimum Gasteiger partial charge on any atom is -0.382 e. The quantitative estimate of drug-likeness (QED) is 0.606. The molecule has 0 radical (unpaired) electrons. The summed E-state index contributed by atoms with van der Waals surface area (Å²) in [6.45, 7) is 7.94. The zero-order valence-electron chi connectivity index (χ0n) is 19.1. The third-order valence-corrected chi connectivity index (χ3v) is 7.24. The number of nitrogens with one attached hydrogen (secondary N) is 2. The van der Waals surface area contributed by atoms with Crippen LogP contribution in [0.2, 0.25) is 0 Å². The summed E-state index contributed by atoms with van der Waals surface area (Å²) in [4.78, 5) is 18.4. The first-order chi connectivity index (χ1) is 15.0. The van der Waals surface area contributed by atoms with Crippen LogP contribution in [0.5, 0.6) is 0 Å². The molecule has 1 amide bonds. The molecule has 1 aliphatic heterocycles. The van der Waals surface area contributed by atoms with Gasteiger partial charge in [0.15, 0.2) is 9.84 Å². The molecule has 0 atom stereocenters. The fourth-order valence-electron chi connectivity index (χ4n) is 4.12. The average Bonchev–Trinajstić information content (AvgIpc) is 3.17. The predicted molar refractivity (Wildman–Crippen MR) is 129 cm³/mol. The Kier molecular flexibility index (Phi) is 5.79. The topological polar surface area (TPSA) is 82.3 Å². The number of benzene rings is 2. The highest BCUT2D eigenvalue weighted by Crippen LogP contribution is 2.28. The smallest absolute Gasteiger partial charge is 0.253 e. The second-order valence-corrected chi connectivity index (χ2v) is 11.8. The Bertz CT molecular complexity index is 1230. The van der Waals surface area contributed by atoms with Gasteiger partial charge in [-0.3, -0.25) is 4.79 Å². The maximum absolute atomic E-state index is 12.8. The molecule has 1 aliphatic rings. The Morgan fingerprint density at radius 3 is 2.28 bits per heavy atom. The van der Waals surface area contributed by atoms with Crippen LogP contribution in [-0.2, 0) is 15.3 Å². The number of hydrogen-bond donors (Lipinski definition) is 2. The molecule has 0 saturated carbocycles. The van der Waals surface area contributed by atoms with Gasteiger partial charge in [-0.15, -0.1) is 0 Å². The summed E-state index contributed by atoms with van der Waals surface area (Å²) in [6, 6.07) is 15.1. The number of anilines is 1. The lowest BCUT2D eigenvalue weighted by atomic mass is 9.92. The van der Waals surface area contributed by atoms with Crippen molar-refractivity contribution in [1.82, 2.24) is 9.88 Å². The van der Waals surface area contributed by atoms with E-state index in [0.29, 0.717) is 24.7 Å². The van der Waals surface area contributed by atoms with Crippen molar-refractivity contribution in [2.75, 3.05) is 24.7 Å². The van der Waals surface area contributed by atoms with Crippen LogP contribution < -0.4 is 5.32 Å². The normalized spacial score (nSPS) is 15.8. The number of likely N-dealkylation sites (tertiary alicyclic amines) is 1. The Balaban J connectivity index is 1.37. The third kappa shape index (κ3) is 4.83. The molecular formula is C25H31N3O3S. The van der Waals surface area contributed by atoms with Crippen molar-refractivity contribution in [2.45, 2.75) is 50.0 Å². The maximum atomic E-state index is 12.8. The Labute approximate surface area is 189 Å². The molecule has 3 aromatic rings. The maximum Gasteiger partial charge on any atom is 0.253 e. The fraction of sp³-hybridized carbons (Fsp3) is 0.400. The zero-order valence-corrected chi connectivity index (χ0v) is 19.9. The molecule has 1 fully saturated rings. The first kappa shape index (κ1) is 22.4. The molecule has 1 aromatic heterocycles. The van der Waals surface area contributed by atoms with Crippen LogP contribution in [0.15, 0.2) is 53.4 Å². The minimum atomic E-state index is -3.26. The third-order valence-electron chi connectivity index (χ3n) is 6.11. The molecule has 32 heavy (non-hydrogen) atoms. The predicted octanol–water partition coefficient (Wildman–Crippen LogP) is 4.59. The summed E-state index contributed by atoms with van der Waals surface area (Å²) in [6.07, 6.45) is 2.90. The van der Waals surface area contributed by atoms with Crippen LogP contribution in [0.1, 0.15) is 49.7 Å². The Morgan fingerprint density at radius 2 is 1.69 bits per heavy atom. The van der Waals surface area contributed by atoms with Crippen LogP contribution in [0.25, 0.3) is 10.9 Å². The molecular weight excluding hydrogens is 422 g/mol. The minimum absolute atomic E-state index is 0.0491. The number of piperidine rings is 1. The van der Waals surface area contributed by atoms with Crippen molar-refractivity contribution >= 4 is 32.3 Å². The summed E-state index contributed by atoms with van der Waals surface area (Å²) < 4.78 is 23.2. The number of amides is 1. The van der Waals surface area contributed by atoms with Gasteiger partial charge in [0.2, 0.25) is 0 Å². The Morgan fingerprint density at radius 1 is 1.03 bits per heavy atom. The lowest BCUT2D eigenvalue weighted by Gasteiger charge is -2.33. The molecule has 7 heteroatoms. The van der Waals surface area contributed by atoms with Gasteiger partial charge in [0.1, 0.15) is 0 Å². The lowest BCUT2D eigenvalue weighted by molar-refractivity contribution is 0.0718. The van der Waals surface area contributed by atoms with Crippen LogP contribution >= 0.6 is 0 Å². The number of aromatic amines is 1. The number of nitrogens with zero attached hydrogens (tertiary/aromatic N) is 1. The van der Waals surface area contributed by atoms with E-state index in [0.717, 1.165) is 24.0 Å². The van der Waals surface area contributed by atoms with Gasteiger partial charge >= 0.3 is 0 Å². The molecule has 0 unspecified atom stereocenters. The van der Waals surface area contributed by atoms with E-state index in [1.54, 1.807) is 12.1 Å². The number of aromatic nitrogens is 1. The van der Waals surface area contributed by atoms with Crippen LogP contribution in [-0.4, -0.2) is 49.6 Å². The van der Waals surface area contributed by atoms with E-state index in [9.17, 15) is 13.2 Å². The highest BCUT2D eigenvalue weighted by molar-refractivity contribution is 7.90. The van der Waals surface area contributed by atoms with Gasteiger partial charge in [-0.25, -0.2) is 8.42 Å². The Hall–Kier alpha value is -2.80. The summed E-state index contributed by atoms with van der Waals surface area (Å²) in [5, 5.41) is 4.82. The van der Waals surface area contributed by atoms with Gasteiger partial charge in [-0.05, 0) is 61.4 Å². The first-order valence-corrected chi connectivity index (χ1v) is 12.9. The summed E-state index contributed by atoms with van der Waals surface area (Å²) in [5.41, 5.74) is 4.06. The van der Waals surface area contributed by atoms with Crippen molar-refractivity contribution in [3.05, 3.63) is 59.8 Å². The largest absolute Gasteiger partial charge is 0.382 e. The van der Waals surface area contributed by atoms with Gasteiger partial charge in [0, 0.05) is 58.6 Å². The van der Waals surface area contributed by atoms with E-state index in [4.69, 9.17) is 0 Å². The number of hydrogen-bond acceptors (Lipinski definition) is 4. The second-order valence-electron chi connectivity index (χ2n) is 9.74. The van der Waals surface area contributed by atoms with Crippen LogP contribution in [0, 0.1) is 0 Å². The van der Waals surface area contributed by atoms with Gasteiger partial charge in [-0.1, -0.05) is 20.8 Å². The SMILES string of the molecule is CC(C)(C)c1cc2cc(NC3CCN(C(=O)c4ccc(S(C)(=O)=O)cc4)CC3)ccc2[nH]1. The number of rotatable bonds is 4. The molecule has 170 valence electrons. The van der Waals surface area contributed by atoms with E-state index in [-0.39, 0.29) is 16.2 Å². The molecule has 0 spiro atoms. The zero-order chi connectivity index (χ0) is 23.1. The molecule has 0 aliphatic carbocycles. The van der Waals surface area contributed by atoms with Crippen LogP contribution in [0.3, 0.4) is 0 Å².